The fourth-order valence-electron chi connectivity index (χ4n) is 0.959. The van der Waals surface area contributed by atoms with E-state index in [0.29, 0.717) is 0 Å². The second kappa shape index (κ2) is 3.89. The Morgan fingerprint density at radius 1 is 1.46 bits per heavy atom. The van der Waals surface area contributed by atoms with Gasteiger partial charge >= 0.3 is 6.09 Å². The quantitative estimate of drug-likeness (QED) is 0.666. The van der Waals surface area contributed by atoms with Crippen LogP contribution in [0.5, 0.6) is 0 Å². The third-order valence-electron chi connectivity index (χ3n) is 1.66. The van der Waals surface area contributed by atoms with E-state index >= 15 is 0 Å². The Morgan fingerprint density at radius 3 is 2.62 bits per heavy atom. The number of hydrogen-bond acceptors (Lipinski definition) is 2. The highest BCUT2D eigenvalue weighted by molar-refractivity contribution is 5.86. The number of ether oxygens (including phenoxy) is 1. The lowest BCUT2D eigenvalue weighted by Gasteiger charge is -2.15. The van der Waals surface area contributed by atoms with Crippen LogP contribution in [0.4, 0.5) is 14.9 Å². The zero-order valence-corrected chi connectivity index (χ0v) is 7.45. The van der Waals surface area contributed by atoms with Crippen molar-refractivity contribution in [3.05, 3.63) is 30.1 Å². The zero-order chi connectivity index (χ0) is 9.84. The number of para-hydroxylation sites is 1. The molecular formula is C9H10FNO2. The molecule has 0 radical (unpaired) electrons. The van der Waals surface area contributed by atoms with Crippen LogP contribution in [-0.4, -0.2) is 20.3 Å². The summed E-state index contributed by atoms with van der Waals surface area (Å²) in [6, 6.07) is 6.00. The van der Waals surface area contributed by atoms with Gasteiger partial charge in [-0.15, -0.1) is 0 Å². The maximum atomic E-state index is 13.1. The van der Waals surface area contributed by atoms with E-state index < -0.39 is 11.9 Å². The SMILES string of the molecule is COC(=O)N(C)c1ccccc1F. The van der Waals surface area contributed by atoms with Gasteiger partial charge in [0.15, 0.2) is 0 Å². The van der Waals surface area contributed by atoms with Crippen LogP contribution >= 0.6 is 0 Å². The molecule has 0 aromatic heterocycles. The van der Waals surface area contributed by atoms with Crippen molar-refractivity contribution in [1.29, 1.82) is 0 Å². The maximum absolute atomic E-state index is 13.1. The van der Waals surface area contributed by atoms with E-state index in [9.17, 15) is 9.18 Å². The average Bonchev–Trinajstić information content (AvgIpc) is 2.16. The van der Waals surface area contributed by atoms with Gasteiger partial charge in [0.1, 0.15) is 5.82 Å². The Hall–Kier alpha value is -1.58. The molecule has 1 amide bonds. The summed E-state index contributed by atoms with van der Waals surface area (Å²) in [5, 5.41) is 0. The lowest BCUT2D eigenvalue weighted by atomic mass is 10.3. The highest BCUT2D eigenvalue weighted by Gasteiger charge is 2.13. The lowest BCUT2D eigenvalue weighted by molar-refractivity contribution is 0.180. The molecule has 0 aliphatic heterocycles. The molecule has 13 heavy (non-hydrogen) atoms. The van der Waals surface area contributed by atoms with E-state index in [1.54, 1.807) is 12.1 Å². The van der Waals surface area contributed by atoms with Gasteiger partial charge in [0.25, 0.3) is 0 Å². The third kappa shape index (κ3) is 1.96. The molecule has 1 aromatic carbocycles. The number of nitrogens with zero attached hydrogens (tertiary/aromatic N) is 1. The molecule has 0 fully saturated rings. The molecule has 0 spiro atoms. The molecule has 1 aromatic rings. The number of carbonyl (C=O) groups is 1. The number of anilines is 1. The van der Waals surface area contributed by atoms with Gasteiger partial charge in [-0.1, -0.05) is 12.1 Å². The van der Waals surface area contributed by atoms with Gasteiger partial charge in [-0.05, 0) is 12.1 Å². The van der Waals surface area contributed by atoms with E-state index in [1.807, 2.05) is 0 Å². The molecule has 0 aliphatic carbocycles. The second-order valence-electron chi connectivity index (χ2n) is 2.48. The molecule has 1 rings (SSSR count). The van der Waals surface area contributed by atoms with Crippen LogP contribution in [-0.2, 0) is 4.74 Å². The van der Waals surface area contributed by atoms with Gasteiger partial charge in [0, 0.05) is 7.05 Å². The molecule has 70 valence electrons. The fourth-order valence-corrected chi connectivity index (χ4v) is 0.959. The summed E-state index contributed by atoms with van der Waals surface area (Å²) in [5.74, 6) is -0.449. The predicted molar refractivity (Wildman–Crippen MR) is 47.2 cm³/mol. The topological polar surface area (TPSA) is 29.5 Å². The molecule has 0 bridgehead atoms. The number of rotatable bonds is 1. The summed E-state index contributed by atoms with van der Waals surface area (Å²) in [6.07, 6.45) is -0.592. The van der Waals surface area contributed by atoms with Gasteiger partial charge in [0.2, 0.25) is 0 Å². The normalized spacial score (nSPS) is 9.46. The summed E-state index contributed by atoms with van der Waals surface area (Å²) in [4.78, 5) is 12.1. The maximum Gasteiger partial charge on any atom is 0.413 e. The van der Waals surface area contributed by atoms with Crippen molar-refractivity contribution in [2.75, 3.05) is 19.1 Å². The van der Waals surface area contributed by atoms with Crippen molar-refractivity contribution in [3.8, 4) is 0 Å². The molecule has 0 aliphatic rings. The minimum atomic E-state index is -0.592. The summed E-state index contributed by atoms with van der Waals surface area (Å²) in [6.45, 7) is 0. The Kier molecular flexibility index (Phi) is 2.84. The van der Waals surface area contributed by atoms with Crippen molar-refractivity contribution >= 4 is 11.8 Å². The van der Waals surface area contributed by atoms with E-state index in [0.717, 1.165) is 4.90 Å². The highest BCUT2D eigenvalue weighted by atomic mass is 19.1. The van der Waals surface area contributed by atoms with Crippen molar-refractivity contribution in [1.82, 2.24) is 0 Å². The molecule has 0 saturated carbocycles. The molecule has 0 saturated heterocycles. The highest BCUT2D eigenvalue weighted by Crippen LogP contribution is 2.17. The lowest BCUT2D eigenvalue weighted by Crippen LogP contribution is -2.26. The van der Waals surface area contributed by atoms with Crippen molar-refractivity contribution in [3.63, 3.8) is 0 Å². The monoisotopic (exact) mass is 183 g/mol. The minimum absolute atomic E-state index is 0.203. The second-order valence-corrected chi connectivity index (χ2v) is 2.48. The molecule has 0 atom stereocenters. The molecule has 0 N–H and O–H groups in total. The van der Waals surface area contributed by atoms with Crippen molar-refractivity contribution < 1.29 is 13.9 Å². The Labute approximate surface area is 75.7 Å². The average molecular weight is 183 g/mol. The smallest absolute Gasteiger partial charge is 0.413 e. The number of hydrogen-bond donors (Lipinski definition) is 0. The predicted octanol–water partition coefficient (Wildman–Crippen LogP) is 2.03. The minimum Gasteiger partial charge on any atom is -0.452 e. The number of methoxy groups -OCH3 is 1. The summed E-state index contributed by atoms with van der Waals surface area (Å²) < 4.78 is 17.5. The number of halogens is 1. The van der Waals surface area contributed by atoms with E-state index in [4.69, 9.17) is 0 Å². The van der Waals surface area contributed by atoms with Gasteiger partial charge < -0.3 is 4.74 Å². The zero-order valence-electron chi connectivity index (χ0n) is 7.45. The Morgan fingerprint density at radius 2 is 2.08 bits per heavy atom. The Bertz CT molecular complexity index is 314. The van der Waals surface area contributed by atoms with Gasteiger partial charge in [-0.3, -0.25) is 4.90 Å². The van der Waals surface area contributed by atoms with Crippen LogP contribution in [0.1, 0.15) is 0 Å². The van der Waals surface area contributed by atoms with Gasteiger partial charge in [-0.2, -0.15) is 0 Å². The summed E-state index contributed by atoms with van der Waals surface area (Å²) >= 11 is 0. The van der Waals surface area contributed by atoms with E-state index in [-0.39, 0.29) is 5.69 Å². The molecule has 3 nitrogen and oxygen atoms in total. The van der Waals surface area contributed by atoms with Crippen molar-refractivity contribution in [2.45, 2.75) is 0 Å². The molecule has 0 unspecified atom stereocenters. The van der Waals surface area contributed by atoms with E-state index in [2.05, 4.69) is 4.74 Å². The molecular weight excluding hydrogens is 173 g/mol. The largest absolute Gasteiger partial charge is 0.452 e. The first-order valence-corrected chi connectivity index (χ1v) is 3.73. The van der Waals surface area contributed by atoms with Crippen LogP contribution in [0.2, 0.25) is 0 Å². The van der Waals surface area contributed by atoms with Gasteiger partial charge in [0.05, 0.1) is 12.8 Å². The first-order chi connectivity index (χ1) is 6.16. The summed E-state index contributed by atoms with van der Waals surface area (Å²) in [7, 11) is 2.70. The van der Waals surface area contributed by atoms with Crippen LogP contribution in [0.25, 0.3) is 0 Å². The first kappa shape index (κ1) is 9.51. The summed E-state index contributed by atoms with van der Waals surface area (Å²) in [5.41, 5.74) is 0.203. The first-order valence-electron chi connectivity index (χ1n) is 3.73. The number of amides is 1. The van der Waals surface area contributed by atoms with Crippen molar-refractivity contribution in [2.24, 2.45) is 0 Å². The molecule has 0 heterocycles. The fraction of sp³-hybridized carbons (Fsp3) is 0.222. The Balaban J connectivity index is 2.95. The van der Waals surface area contributed by atoms with Crippen LogP contribution < -0.4 is 4.90 Å². The van der Waals surface area contributed by atoms with Crippen LogP contribution in [0.15, 0.2) is 24.3 Å². The van der Waals surface area contributed by atoms with Crippen LogP contribution in [0.3, 0.4) is 0 Å². The number of benzene rings is 1. The van der Waals surface area contributed by atoms with Gasteiger partial charge in [-0.25, -0.2) is 9.18 Å². The number of carbonyl (C=O) groups excluding carboxylic acids is 1. The van der Waals surface area contributed by atoms with Crippen LogP contribution in [0, 0.1) is 5.82 Å². The molecule has 4 heteroatoms. The third-order valence-corrected chi connectivity index (χ3v) is 1.66. The standard InChI is InChI=1S/C9H10FNO2/c1-11(9(12)13-2)8-6-4-3-5-7(8)10/h3-6H,1-2H3. The van der Waals surface area contributed by atoms with E-state index in [1.165, 1.54) is 26.3 Å².